The number of nitrogens with two attached hydrogens (primary N) is 1. The summed E-state index contributed by atoms with van der Waals surface area (Å²) in [6.07, 6.45) is 1.44. The largest absolute Gasteiger partial charge is 0.467 e. The van der Waals surface area contributed by atoms with E-state index >= 15 is 0 Å². The fraction of sp³-hybridized carbons (Fsp3) is 0.571. The van der Waals surface area contributed by atoms with Gasteiger partial charge in [0.15, 0.2) is 0 Å². The van der Waals surface area contributed by atoms with Crippen molar-refractivity contribution in [2.24, 2.45) is 5.73 Å². The van der Waals surface area contributed by atoms with Crippen molar-refractivity contribution in [3.8, 4) is 0 Å². The fourth-order valence-electron chi connectivity index (χ4n) is 2.38. The van der Waals surface area contributed by atoms with Gasteiger partial charge >= 0.3 is 6.03 Å². The molecule has 1 unspecified atom stereocenters. The monoisotopic (exact) mass is 310 g/mol. The second-order valence-electron chi connectivity index (χ2n) is 5.34. The highest BCUT2D eigenvalue weighted by Gasteiger charge is 2.25. The Morgan fingerprint density at radius 3 is 3.05 bits per heavy atom. The van der Waals surface area contributed by atoms with Gasteiger partial charge in [-0.15, -0.1) is 0 Å². The van der Waals surface area contributed by atoms with Crippen LogP contribution < -0.4 is 11.1 Å². The molecule has 2 rings (SSSR count). The second kappa shape index (κ2) is 7.81. The van der Waals surface area contributed by atoms with Crippen LogP contribution >= 0.6 is 0 Å². The zero-order valence-corrected chi connectivity index (χ0v) is 12.7. The summed E-state index contributed by atoms with van der Waals surface area (Å²) in [5.41, 5.74) is 5.16. The lowest BCUT2D eigenvalue weighted by Gasteiger charge is -2.34. The molecule has 3 amide bonds. The van der Waals surface area contributed by atoms with Crippen molar-refractivity contribution in [3.63, 3.8) is 0 Å². The van der Waals surface area contributed by atoms with Crippen molar-refractivity contribution in [2.45, 2.75) is 12.6 Å². The van der Waals surface area contributed by atoms with Crippen LogP contribution in [0.2, 0.25) is 0 Å². The van der Waals surface area contributed by atoms with Crippen LogP contribution in [-0.4, -0.2) is 67.7 Å². The number of nitrogens with zero attached hydrogens (tertiary/aromatic N) is 2. The van der Waals surface area contributed by atoms with Crippen molar-refractivity contribution in [2.75, 3.05) is 39.8 Å². The van der Waals surface area contributed by atoms with Gasteiger partial charge in [-0.2, -0.15) is 0 Å². The predicted octanol–water partition coefficient (Wildman–Crippen LogP) is -0.393. The molecule has 1 saturated heterocycles. The highest BCUT2D eigenvalue weighted by molar-refractivity contribution is 5.76. The maximum absolute atomic E-state index is 12.1. The lowest BCUT2D eigenvalue weighted by molar-refractivity contribution is -0.119. The molecule has 1 fully saturated rings. The summed E-state index contributed by atoms with van der Waals surface area (Å²) >= 11 is 0. The third-order valence-corrected chi connectivity index (χ3v) is 3.36. The molecular weight excluding hydrogens is 288 g/mol. The molecule has 8 heteroatoms. The molecule has 0 aromatic carbocycles. The summed E-state index contributed by atoms with van der Waals surface area (Å²) in [5.74, 6) is 0.325. The van der Waals surface area contributed by atoms with Crippen molar-refractivity contribution >= 4 is 11.9 Å². The van der Waals surface area contributed by atoms with E-state index in [1.807, 2.05) is 0 Å². The van der Waals surface area contributed by atoms with Crippen LogP contribution in [0.25, 0.3) is 0 Å². The Hall–Kier alpha value is -2.06. The number of carbonyl (C=O) groups is 2. The van der Waals surface area contributed by atoms with E-state index in [1.54, 1.807) is 35.2 Å². The number of urea groups is 1. The Morgan fingerprint density at radius 1 is 1.55 bits per heavy atom. The number of likely N-dealkylation sites (N-methyl/N-ethyl adjacent to an activating group) is 1. The Labute approximate surface area is 129 Å². The molecule has 2 heterocycles. The van der Waals surface area contributed by atoms with Crippen LogP contribution in [0.5, 0.6) is 0 Å². The first-order chi connectivity index (χ1) is 10.5. The number of morpholine rings is 1. The number of hydrogen-bond acceptors (Lipinski definition) is 5. The summed E-state index contributed by atoms with van der Waals surface area (Å²) < 4.78 is 10.8. The first kappa shape index (κ1) is 16.3. The molecule has 22 heavy (non-hydrogen) atoms. The smallest absolute Gasteiger partial charge is 0.317 e. The van der Waals surface area contributed by atoms with Crippen LogP contribution in [0.1, 0.15) is 5.76 Å². The molecule has 0 radical (unpaired) electrons. The van der Waals surface area contributed by atoms with Crippen LogP contribution in [-0.2, 0) is 16.1 Å². The predicted molar refractivity (Wildman–Crippen MR) is 78.9 cm³/mol. The fourth-order valence-corrected chi connectivity index (χ4v) is 2.38. The van der Waals surface area contributed by atoms with Gasteiger partial charge in [-0.3, -0.25) is 9.69 Å². The van der Waals surface area contributed by atoms with Gasteiger partial charge in [0.05, 0.1) is 32.1 Å². The number of carbonyl (C=O) groups excluding carboxylic acids is 2. The molecule has 1 aliphatic heterocycles. The van der Waals surface area contributed by atoms with Crippen molar-refractivity contribution in [1.29, 1.82) is 0 Å². The molecule has 1 aromatic rings. The van der Waals surface area contributed by atoms with E-state index in [4.69, 9.17) is 14.9 Å². The average Bonchev–Trinajstić information content (AvgIpc) is 2.97. The van der Waals surface area contributed by atoms with E-state index < -0.39 is 0 Å². The minimum atomic E-state index is -0.383. The van der Waals surface area contributed by atoms with Gasteiger partial charge in [0.25, 0.3) is 0 Å². The number of ether oxygens (including phenoxy) is 1. The molecule has 1 aromatic heterocycles. The Kier molecular flexibility index (Phi) is 5.79. The number of primary amides is 1. The number of amides is 3. The van der Waals surface area contributed by atoms with E-state index in [0.717, 1.165) is 0 Å². The topological polar surface area (TPSA) is 101 Å². The molecule has 3 N–H and O–H groups in total. The molecule has 0 spiro atoms. The second-order valence-corrected chi connectivity index (χ2v) is 5.34. The quantitative estimate of drug-likeness (QED) is 0.745. The lowest BCUT2D eigenvalue weighted by Crippen LogP contribution is -2.52. The number of rotatable bonds is 6. The SMILES string of the molecule is CN(CC(N)=O)CC1CN(C(=O)NCc2ccco2)CCO1. The first-order valence-corrected chi connectivity index (χ1v) is 7.18. The first-order valence-electron chi connectivity index (χ1n) is 7.18. The minimum absolute atomic E-state index is 0.132. The van der Waals surface area contributed by atoms with Gasteiger partial charge in [-0.1, -0.05) is 0 Å². The molecule has 0 aliphatic carbocycles. The van der Waals surface area contributed by atoms with E-state index in [9.17, 15) is 9.59 Å². The molecule has 8 nitrogen and oxygen atoms in total. The highest BCUT2D eigenvalue weighted by Crippen LogP contribution is 2.07. The highest BCUT2D eigenvalue weighted by atomic mass is 16.5. The van der Waals surface area contributed by atoms with Gasteiger partial charge in [0.2, 0.25) is 5.91 Å². The summed E-state index contributed by atoms with van der Waals surface area (Å²) in [5, 5.41) is 2.81. The maximum Gasteiger partial charge on any atom is 0.317 e. The van der Waals surface area contributed by atoms with E-state index in [0.29, 0.717) is 38.5 Å². The minimum Gasteiger partial charge on any atom is -0.467 e. The lowest BCUT2D eigenvalue weighted by atomic mass is 10.2. The van der Waals surface area contributed by atoms with Crippen molar-refractivity contribution in [1.82, 2.24) is 15.1 Å². The van der Waals surface area contributed by atoms with Gasteiger partial charge < -0.3 is 25.1 Å². The van der Waals surface area contributed by atoms with Gasteiger partial charge in [-0.05, 0) is 19.2 Å². The van der Waals surface area contributed by atoms with Crippen LogP contribution in [0, 0.1) is 0 Å². The molecule has 122 valence electrons. The normalized spacial score (nSPS) is 18.5. The van der Waals surface area contributed by atoms with E-state index in [2.05, 4.69) is 5.32 Å². The van der Waals surface area contributed by atoms with Gasteiger partial charge in [-0.25, -0.2) is 4.79 Å². The van der Waals surface area contributed by atoms with Gasteiger partial charge in [0.1, 0.15) is 5.76 Å². The molecule has 1 aliphatic rings. The summed E-state index contributed by atoms with van der Waals surface area (Å²) in [7, 11) is 1.80. The number of furan rings is 1. The van der Waals surface area contributed by atoms with Crippen LogP contribution in [0.4, 0.5) is 4.79 Å². The van der Waals surface area contributed by atoms with Gasteiger partial charge in [0, 0.05) is 19.6 Å². The van der Waals surface area contributed by atoms with Crippen LogP contribution in [0.3, 0.4) is 0 Å². The molecule has 0 bridgehead atoms. The van der Waals surface area contributed by atoms with Crippen molar-refractivity contribution < 1.29 is 18.7 Å². The summed E-state index contributed by atoms with van der Waals surface area (Å²) in [6, 6.07) is 3.43. The third-order valence-electron chi connectivity index (χ3n) is 3.36. The Morgan fingerprint density at radius 2 is 2.36 bits per heavy atom. The van der Waals surface area contributed by atoms with E-state index in [-0.39, 0.29) is 24.6 Å². The van der Waals surface area contributed by atoms with Crippen LogP contribution in [0.15, 0.2) is 22.8 Å². The standard InChI is InChI=1S/C14H22N4O4/c1-17(10-13(15)19)8-12-9-18(4-6-22-12)14(20)16-7-11-3-2-5-21-11/h2-3,5,12H,4,6-10H2,1H3,(H2,15,19)(H,16,20). The molecular formula is C14H22N4O4. The summed E-state index contributed by atoms with van der Waals surface area (Å²) in [4.78, 5) is 26.5. The zero-order valence-electron chi connectivity index (χ0n) is 12.7. The summed E-state index contributed by atoms with van der Waals surface area (Å²) in [6.45, 7) is 2.57. The third kappa shape index (κ3) is 5.05. The number of hydrogen-bond donors (Lipinski definition) is 2. The van der Waals surface area contributed by atoms with Crippen molar-refractivity contribution in [3.05, 3.63) is 24.2 Å². The Bertz CT molecular complexity index is 491. The number of nitrogens with one attached hydrogen (secondary N) is 1. The molecule has 1 atom stereocenters. The molecule has 0 saturated carbocycles. The van der Waals surface area contributed by atoms with E-state index in [1.165, 1.54) is 0 Å². The average molecular weight is 310 g/mol. The Balaban J connectivity index is 1.76. The maximum atomic E-state index is 12.1. The zero-order chi connectivity index (χ0) is 15.9.